The normalized spacial score (nSPS) is 10.8. The van der Waals surface area contributed by atoms with E-state index in [1.807, 2.05) is 12.1 Å². The summed E-state index contributed by atoms with van der Waals surface area (Å²) in [6, 6.07) is 8.26. The lowest BCUT2D eigenvalue weighted by Crippen LogP contribution is -2.08. The van der Waals surface area contributed by atoms with Gasteiger partial charge in [0.15, 0.2) is 0 Å². The molecule has 0 atom stereocenters. The van der Waals surface area contributed by atoms with Crippen LogP contribution in [0.3, 0.4) is 0 Å². The van der Waals surface area contributed by atoms with Crippen LogP contribution in [0.2, 0.25) is 0 Å². The van der Waals surface area contributed by atoms with E-state index in [4.69, 9.17) is 5.11 Å². The average Bonchev–Trinajstić information content (AvgIpc) is 2.76. The topological polar surface area (TPSA) is 55.1 Å². The van der Waals surface area contributed by atoms with Crippen molar-refractivity contribution in [3.8, 4) is 11.1 Å². The largest absolute Gasteiger partial charge is 0.480 e. The number of nitrogens with zero attached hydrogens (tertiary/aromatic N) is 2. The van der Waals surface area contributed by atoms with Gasteiger partial charge in [0.25, 0.3) is 0 Å². The van der Waals surface area contributed by atoms with E-state index in [0.717, 1.165) is 11.1 Å². The Morgan fingerprint density at radius 3 is 2.50 bits per heavy atom. The van der Waals surface area contributed by atoms with Crippen molar-refractivity contribution in [1.29, 1.82) is 0 Å². The number of hydrogen-bond acceptors (Lipinski definition) is 2. The molecule has 0 aliphatic carbocycles. The highest BCUT2D eigenvalue weighted by atomic mass is 16.4. The minimum Gasteiger partial charge on any atom is -0.480 e. The van der Waals surface area contributed by atoms with E-state index in [1.165, 1.54) is 10.2 Å². The summed E-state index contributed by atoms with van der Waals surface area (Å²) in [5, 5.41) is 12.7. The highest BCUT2D eigenvalue weighted by molar-refractivity contribution is 5.67. The summed E-state index contributed by atoms with van der Waals surface area (Å²) in [6.45, 7) is 4.20. The van der Waals surface area contributed by atoms with Gasteiger partial charge in [-0.3, -0.25) is 9.48 Å². The molecule has 0 spiro atoms. The fourth-order valence-electron chi connectivity index (χ4n) is 1.80. The van der Waals surface area contributed by atoms with Crippen molar-refractivity contribution < 1.29 is 9.90 Å². The summed E-state index contributed by atoms with van der Waals surface area (Å²) in [5.74, 6) is -0.381. The molecular formula is C14H16N2O2. The summed E-state index contributed by atoms with van der Waals surface area (Å²) in [4.78, 5) is 10.6. The molecular weight excluding hydrogens is 228 g/mol. The van der Waals surface area contributed by atoms with E-state index in [0.29, 0.717) is 5.92 Å². The third kappa shape index (κ3) is 2.77. The van der Waals surface area contributed by atoms with E-state index in [2.05, 4.69) is 31.1 Å². The molecule has 94 valence electrons. The molecule has 0 fully saturated rings. The van der Waals surface area contributed by atoms with Crippen LogP contribution in [-0.4, -0.2) is 20.9 Å². The molecule has 0 saturated heterocycles. The maximum absolute atomic E-state index is 10.6. The van der Waals surface area contributed by atoms with Crippen LogP contribution in [0.5, 0.6) is 0 Å². The molecule has 0 amide bonds. The molecule has 2 aromatic rings. The smallest absolute Gasteiger partial charge is 0.325 e. The Labute approximate surface area is 106 Å². The number of carboxylic acid groups (broad SMARTS) is 1. The zero-order valence-electron chi connectivity index (χ0n) is 10.5. The fourth-order valence-corrected chi connectivity index (χ4v) is 1.80. The first-order valence-corrected chi connectivity index (χ1v) is 5.91. The van der Waals surface area contributed by atoms with Crippen LogP contribution in [0.15, 0.2) is 36.7 Å². The van der Waals surface area contributed by atoms with E-state index in [9.17, 15) is 4.79 Å². The molecule has 1 aromatic carbocycles. The number of aliphatic carboxylic acids is 1. The summed E-state index contributed by atoms with van der Waals surface area (Å²) < 4.78 is 1.42. The number of benzene rings is 1. The third-order valence-corrected chi connectivity index (χ3v) is 2.84. The number of rotatable bonds is 4. The van der Waals surface area contributed by atoms with Gasteiger partial charge in [0.2, 0.25) is 0 Å². The predicted octanol–water partition coefficient (Wildman–Crippen LogP) is 2.76. The van der Waals surface area contributed by atoms with Gasteiger partial charge in [-0.05, 0) is 17.0 Å². The lowest BCUT2D eigenvalue weighted by Gasteiger charge is -2.05. The number of carboxylic acids is 1. The highest BCUT2D eigenvalue weighted by Crippen LogP contribution is 2.22. The summed E-state index contributed by atoms with van der Waals surface area (Å²) in [6.07, 6.45) is 3.44. The summed E-state index contributed by atoms with van der Waals surface area (Å²) in [5.41, 5.74) is 3.28. The van der Waals surface area contributed by atoms with Gasteiger partial charge in [0.1, 0.15) is 6.54 Å². The van der Waals surface area contributed by atoms with Gasteiger partial charge in [0.05, 0.1) is 6.20 Å². The van der Waals surface area contributed by atoms with Crippen molar-refractivity contribution in [3.05, 3.63) is 42.2 Å². The first-order valence-electron chi connectivity index (χ1n) is 5.91. The van der Waals surface area contributed by atoms with Crippen LogP contribution in [0.1, 0.15) is 25.3 Å². The van der Waals surface area contributed by atoms with Crippen molar-refractivity contribution in [3.63, 3.8) is 0 Å². The second-order valence-electron chi connectivity index (χ2n) is 4.60. The van der Waals surface area contributed by atoms with Crippen LogP contribution < -0.4 is 0 Å². The molecule has 0 aliphatic heterocycles. The molecule has 0 radical (unpaired) electrons. The molecule has 0 saturated carbocycles. The maximum Gasteiger partial charge on any atom is 0.325 e. The Morgan fingerprint density at radius 2 is 1.94 bits per heavy atom. The van der Waals surface area contributed by atoms with Gasteiger partial charge in [-0.1, -0.05) is 38.1 Å². The monoisotopic (exact) mass is 244 g/mol. The zero-order chi connectivity index (χ0) is 13.1. The molecule has 0 bridgehead atoms. The van der Waals surface area contributed by atoms with Gasteiger partial charge in [-0.2, -0.15) is 5.10 Å². The lowest BCUT2D eigenvalue weighted by atomic mass is 10.0. The van der Waals surface area contributed by atoms with E-state index < -0.39 is 5.97 Å². The molecule has 1 N–H and O–H groups in total. The maximum atomic E-state index is 10.6. The van der Waals surface area contributed by atoms with Gasteiger partial charge in [0, 0.05) is 11.8 Å². The Bertz CT molecular complexity index is 541. The summed E-state index contributed by atoms with van der Waals surface area (Å²) >= 11 is 0. The van der Waals surface area contributed by atoms with Crippen molar-refractivity contribution in [2.75, 3.05) is 0 Å². The van der Waals surface area contributed by atoms with Crippen molar-refractivity contribution in [2.45, 2.75) is 26.3 Å². The SMILES string of the molecule is CC(C)c1ccc(-c2cnn(CC(=O)O)c2)cc1. The van der Waals surface area contributed by atoms with Gasteiger partial charge >= 0.3 is 5.97 Å². The predicted molar refractivity (Wildman–Crippen MR) is 69.4 cm³/mol. The van der Waals surface area contributed by atoms with Gasteiger partial charge < -0.3 is 5.11 Å². The first kappa shape index (κ1) is 12.4. The van der Waals surface area contributed by atoms with E-state index >= 15 is 0 Å². The molecule has 18 heavy (non-hydrogen) atoms. The molecule has 0 aliphatic rings. The Morgan fingerprint density at radius 1 is 1.28 bits per heavy atom. The highest BCUT2D eigenvalue weighted by Gasteiger charge is 2.05. The lowest BCUT2D eigenvalue weighted by molar-refractivity contribution is -0.137. The van der Waals surface area contributed by atoms with Crippen molar-refractivity contribution >= 4 is 5.97 Å². The quantitative estimate of drug-likeness (QED) is 0.899. The van der Waals surface area contributed by atoms with Crippen LogP contribution in [0, 0.1) is 0 Å². The van der Waals surface area contributed by atoms with Crippen LogP contribution >= 0.6 is 0 Å². The fraction of sp³-hybridized carbons (Fsp3) is 0.286. The van der Waals surface area contributed by atoms with E-state index in [-0.39, 0.29) is 6.54 Å². The zero-order valence-corrected chi connectivity index (χ0v) is 10.5. The van der Waals surface area contributed by atoms with Crippen LogP contribution in [0.4, 0.5) is 0 Å². The second-order valence-corrected chi connectivity index (χ2v) is 4.60. The molecule has 4 heteroatoms. The number of carbonyl (C=O) groups is 1. The Balaban J connectivity index is 2.20. The Hall–Kier alpha value is -2.10. The third-order valence-electron chi connectivity index (χ3n) is 2.84. The van der Waals surface area contributed by atoms with Crippen LogP contribution in [0.25, 0.3) is 11.1 Å². The van der Waals surface area contributed by atoms with Gasteiger partial charge in [-0.15, -0.1) is 0 Å². The second kappa shape index (κ2) is 5.04. The Kier molecular flexibility index (Phi) is 3.46. The minimum absolute atomic E-state index is 0.107. The molecule has 1 heterocycles. The summed E-state index contributed by atoms with van der Waals surface area (Å²) in [7, 11) is 0. The van der Waals surface area contributed by atoms with Gasteiger partial charge in [-0.25, -0.2) is 0 Å². The van der Waals surface area contributed by atoms with E-state index in [1.54, 1.807) is 12.4 Å². The molecule has 0 unspecified atom stereocenters. The minimum atomic E-state index is -0.889. The number of hydrogen-bond donors (Lipinski definition) is 1. The van der Waals surface area contributed by atoms with Crippen molar-refractivity contribution in [2.24, 2.45) is 0 Å². The first-order chi connectivity index (χ1) is 8.56. The molecule has 2 rings (SSSR count). The number of aromatic nitrogens is 2. The average molecular weight is 244 g/mol. The standard InChI is InChI=1S/C14H16N2O2/c1-10(2)11-3-5-12(6-4-11)13-7-15-16(8-13)9-14(17)18/h3-8,10H,9H2,1-2H3,(H,17,18). The molecule has 4 nitrogen and oxygen atoms in total. The van der Waals surface area contributed by atoms with Crippen LogP contribution in [-0.2, 0) is 11.3 Å². The molecule has 1 aromatic heterocycles. The van der Waals surface area contributed by atoms with Crippen molar-refractivity contribution in [1.82, 2.24) is 9.78 Å².